The topological polar surface area (TPSA) is 54.9 Å². The van der Waals surface area contributed by atoms with E-state index in [1.165, 1.54) is 10.8 Å². The number of H-pyrrole nitrogens is 1. The maximum absolute atomic E-state index is 12.5. The van der Waals surface area contributed by atoms with Crippen LogP contribution >= 0.6 is 0 Å². The third-order valence-electron chi connectivity index (χ3n) is 3.56. The zero-order chi connectivity index (χ0) is 16.2. The minimum absolute atomic E-state index is 0.168. The molecule has 2 aromatic carbocycles. The van der Waals surface area contributed by atoms with E-state index in [4.69, 9.17) is 0 Å². The van der Waals surface area contributed by atoms with Crippen molar-refractivity contribution in [1.29, 1.82) is 0 Å². The lowest BCUT2D eigenvalue weighted by Gasteiger charge is -1.99. The number of nitrogens with one attached hydrogen (secondary N) is 1. The third-order valence-corrected chi connectivity index (χ3v) is 3.56. The summed E-state index contributed by atoms with van der Waals surface area (Å²) >= 11 is 0. The number of aromatic nitrogens is 2. The molecule has 0 bridgehead atoms. The Morgan fingerprint density at radius 2 is 1.61 bits per heavy atom. The number of para-hydroxylation sites is 1. The Labute approximate surface area is 133 Å². The summed E-state index contributed by atoms with van der Waals surface area (Å²) in [6, 6.07) is 18.7. The Balaban J connectivity index is 1.95. The largest absolute Gasteiger partial charge is 0.295 e. The second-order valence-corrected chi connectivity index (χ2v) is 5.20. The van der Waals surface area contributed by atoms with Crippen LogP contribution in [0.15, 0.2) is 71.5 Å². The predicted molar refractivity (Wildman–Crippen MR) is 90.9 cm³/mol. The quantitative estimate of drug-likeness (QED) is 0.593. The smallest absolute Gasteiger partial charge is 0.282 e. The van der Waals surface area contributed by atoms with Crippen LogP contribution in [0.2, 0.25) is 0 Å². The number of nitrogens with zero attached hydrogens (tertiary/aromatic N) is 1. The average Bonchev–Trinajstić information content (AvgIpc) is 2.89. The highest BCUT2D eigenvalue weighted by Gasteiger charge is 2.17. The lowest BCUT2D eigenvalue weighted by atomic mass is 10.1. The van der Waals surface area contributed by atoms with Crippen molar-refractivity contribution < 1.29 is 4.79 Å². The van der Waals surface area contributed by atoms with Crippen molar-refractivity contribution >= 4 is 11.9 Å². The summed E-state index contributed by atoms with van der Waals surface area (Å²) in [7, 11) is 0. The molecule has 0 aliphatic rings. The number of hydrogen-bond donors (Lipinski definition) is 1. The molecule has 3 rings (SSSR count). The number of aromatic amines is 1. The second kappa shape index (κ2) is 6.32. The number of rotatable bonds is 4. The maximum atomic E-state index is 12.5. The Bertz CT molecular complexity index is 904. The van der Waals surface area contributed by atoms with Crippen molar-refractivity contribution in [2.45, 2.75) is 6.92 Å². The summed E-state index contributed by atoms with van der Waals surface area (Å²) in [5.41, 5.74) is 2.00. The number of aryl methyl sites for hydroxylation is 1. The first-order chi connectivity index (χ1) is 11.2. The molecular formula is C19H16N2O2. The molecule has 0 aliphatic heterocycles. The first-order valence-corrected chi connectivity index (χ1v) is 7.31. The summed E-state index contributed by atoms with van der Waals surface area (Å²) in [5, 5.41) is 2.96. The fraction of sp³-hybridized carbons (Fsp3) is 0.0526. The highest BCUT2D eigenvalue weighted by Crippen LogP contribution is 2.09. The minimum Gasteiger partial charge on any atom is -0.295 e. The van der Waals surface area contributed by atoms with E-state index < -0.39 is 0 Å². The molecule has 4 heteroatoms. The highest BCUT2D eigenvalue weighted by atomic mass is 16.2. The molecule has 0 spiro atoms. The summed E-state index contributed by atoms with van der Waals surface area (Å²) in [5.74, 6) is -0.303. The molecule has 1 N–H and O–H groups in total. The molecule has 0 saturated heterocycles. The monoisotopic (exact) mass is 304 g/mol. The molecule has 0 radical (unpaired) electrons. The molecule has 23 heavy (non-hydrogen) atoms. The van der Waals surface area contributed by atoms with Crippen LogP contribution < -0.4 is 5.56 Å². The summed E-state index contributed by atoms with van der Waals surface area (Å²) in [6.07, 6.45) is 3.14. The van der Waals surface area contributed by atoms with Crippen LogP contribution in [0.5, 0.6) is 0 Å². The van der Waals surface area contributed by atoms with E-state index in [9.17, 15) is 9.59 Å². The Morgan fingerprint density at radius 3 is 2.26 bits per heavy atom. The van der Waals surface area contributed by atoms with Crippen molar-refractivity contribution in [3.05, 3.63) is 93.9 Å². The van der Waals surface area contributed by atoms with Gasteiger partial charge in [0, 0.05) is 5.69 Å². The van der Waals surface area contributed by atoms with Gasteiger partial charge in [0.15, 0.2) is 5.78 Å². The Morgan fingerprint density at radius 1 is 1.00 bits per heavy atom. The molecule has 4 nitrogen and oxygen atoms in total. The fourth-order valence-electron chi connectivity index (χ4n) is 2.42. The Kier molecular flexibility index (Phi) is 4.06. The van der Waals surface area contributed by atoms with Crippen LogP contribution in [-0.2, 0) is 0 Å². The number of hydrogen-bond acceptors (Lipinski definition) is 2. The maximum Gasteiger partial charge on any atom is 0.282 e. The molecular weight excluding hydrogens is 288 g/mol. The predicted octanol–water partition coefficient (Wildman–Crippen LogP) is 3.37. The van der Waals surface area contributed by atoms with Crippen LogP contribution in [0.3, 0.4) is 0 Å². The van der Waals surface area contributed by atoms with Crippen molar-refractivity contribution in [3.8, 4) is 5.69 Å². The standard InChI is InChI=1S/C19H16N2O2/c1-14-18(17(22)13-12-15-8-4-2-5-9-15)19(23)21(20-14)16-10-6-3-7-11-16/h2-13,20H,1H3/b13-12+. The Hall–Kier alpha value is -3.14. The molecule has 0 fully saturated rings. The normalized spacial score (nSPS) is 11.0. The molecule has 114 valence electrons. The molecule has 0 aliphatic carbocycles. The van der Waals surface area contributed by atoms with E-state index in [2.05, 4.69) is 5.10 Å². The zero-order valence-corrected chi connectivity index (χ0v) is 12.7. The van der Waals surface area contributed by atoms with E-state index in [1.807, 2.05) is 60.7 Å². The SMILES string of the molecule is Cc1[nH]n(-c2ccccc2)c(=O)c1C(=O)/C=C/c1ccccc1. The highest BCUT2D eigenvalue weighted by molar-refractivity contribution is 6.07. The van der Waals surface area contributed by atoms with Gasteiger partial charge >= 0.3 is 0 Å². The van der Waals surface area contributed by atoms with Gasteiger partial charge in [-0.25, -0.2) is 4.68 Å². The third kappa shape index (κ3) is 3.06. The second-order valence-electron chi connectivity index (χ2n) is 5.20. The van der Waals surface area contributed by atoms with Gasteiger partial charge in [-0.1, -0.05) is 54.6 Å². The van der Waals surface area contributed by atoms with Gasteiger partial charge in [-0.3, -0.25) is 14.7 Å². The summed E-state index contributed by atoms with van der Waals surface area (Å²) in [4.78, 5) is 24.9. The van der Waals surface area contributed by atoms with E-state index >= 15 is 0 Å². The van der Waals surface area contributed by atoms with Gasteiger partial charge in [0.25, 0.3) is 5.56 Å². The molecule has 0 amide bonds. The molecule has 1 heterocycles. The van der Waals surface area contributed by atoms with Gasteiger partial charge < -0.3 is 0 Å². The van der Waals surface area contributed by atoms with E-state index in [0.29, 0.717) is 11.4 Å². The number of carbonyl (C=O) groups excluding carboxylic acids is 1. The lowest BCUT2D eigenvalue weighted by molar-refractivity contribution is 0.104. The first-order valence-electron chi connectivity index (χ1n) is 7.31. The van der Waals surface area contributed by atoms with Crippen LogP contribution in [-0.4, -0.2) is 15.6 Å². The summed E-state index contributed by atoms with van der Waals surface area (Å²) < 4.78 is 1.39. The van der Waals surface area contributed by atoms with Crippen LogP contribution in [0.1, 0.15) is 21.6 Å². The van der Waals surface area contributed by atoms with Gasteiger partial charge in [0.05, 0.1) is 5.69 Å². The number of benzene rings is 2. The van der Waals surface area contributed by atoms with Gasteiger partial charge in [-0.05, 0) is 30.7 Å². The van der Waals surface area contributed by atoms with E-state index in [-0.39, 0.29) is 16.9 Å². The number of carbonyl (C=O) groups is 1. The zero-order valence-electron chi connectivity index (χ0n) is 12.7. The molecule has 3 aromatic rings. The van der Waals surface area contributed by atoms with Crippen molar-refractivity contribution in [2.75, 3.05) is 0 Å². The van der Waals surface area contributed by atoms with Gasteiger partial charge in [0.2, 0.25) is 0 Å². The van der Waals surface area contributed by atoms with Crippen molar-refractivity contribution in [3.63, 3.8) is 0 Å². The number of ketones is 1. The van der Waals surface area contributed by atoms with E-state index in [0.717, 1.165) is 5.56 Å². The molecule has 0 unspecified atom stereocenters. The van der Waals surface area contributed by atoms with Gasteiger partial charge in [-0.2, -0.15) is 0 Å². The van der Waals surface area contributed by atoms with Gasteiger partial charge in [-0.15, -0.1) is 0 Å². The van der Waals surface area contributed by atoms with Crippen molar-refractivity contribution in [2.24, 2.45) is 0 Å². The molecule has 0 saturated carbocycles. The minimum atomic E-state index is -0.337. The van der Waals surface area contributed by atoms with Crippen LogP contribution in [0.4, 0.5) is 0 Å². The van der Waals surface area contributed by atoms with Gasteiger partial charge in [0.1, 0.15) is 5.56 Å². The average molecular weight is 304 g/mol. The van der Waals surface area contributed by atoms with Crippen molar-refractivity contribution in [1.82, 2.24) is 9.78 Å². The van der Waals surface area contributed by atoms with E-state index in [1.54, 1.807) is 13.0 Å². The molecule has 1 aromatic heterocycles. The first kappa shape index (κ1) is 14.8. The summed E-state index contributed by atoms with van der Waals surface area (Å²) in [6.45, 7) is 1.73. The van der Waals surface area contributed by atoms with Crippen LogP contribution in [0.25, 0.3) is 11.8 Å². The lowest BCUT2D eigenvalue weighted by Crippen LogP contribution is -2.19. The fourth-order valence-corrected chi connectivity index (χ4v) is 2.42. The number of allylic oxidation sites excluding steroid dienone is 1. The molecule has 0 atom stereocenters. The van der Waals surface area contributed by atoms with Crippen LogP contribution in [0, 0.1) is 6.92 Å².